The maximum absolute atomic E-state index is 11.6. The molecule has 2 heterocycles. The van der Waals surface area contributed by atoms with Crippen LogP contribution in [0.4, 0.5) is 11.5 Å². The third kappa shape index (κ3) is 0.905. The molecule has 2 rings (SSSR count). The highest BCUT2D eigenvalue weighted by Crippen LogP contribution is 2.22. The summed E-state index contributed by atoms with van der Waals surface area (Å²) >= 11 is 0. The van der Waals surface area contributed by atoms with Crippen molar-refractivity contribution >= 4 is 11.5 Å². The summed E-state index contributed by atoms with van der Waals surface area (Å²) in [5, 5.41) is 10.9. The van der Waals surface area contributed by atoms with E-state index in [1.165, 1.54) is 9.13 Å². The van der Waals surface area contributed by atoms with E-state index in [4.69, 9.17) is 5.41 Å². The second kappa shape index (κ2) is 2.63. The van der Waals surface area contributed by atoms with Crippen LogP contribution in [0.25, 0.3) is 0 Å². The summed E-state index contributed by atoms with van der Waals surface area (Å²) in [4.78, 5) is 13.5. The van der Waals surface area contributed by atoms with Crippen molar-refractivity contribution in [3.05, 3.63) is 16.0 Å². The molecule has 1 aromatic heterocycles. The molecule has 0 atom stereocenters. The zero-order chi connectivity index (χ0) is 10.5. The smallest absolute Gasteiger partial charge is 0.330 e. The summed E-state index contributed by atoms with van der Waals surface area (Å²) in [6.07, 6.45) is 0. The van der Waals surface area contributed by atoms with Crippen molar-refractivity contribution in [2.75, 3.05) is 23.9 Å². The molecule has 1 aromatic rings. The highest BCUT2D eigenvalue weighted by Gasteiger charge is 2.21. The van der Waals surface area contributed by atoms with Gasteiger partial charge in [0, 0.05) is 21.1 Å². The Balaban J connectivity index is 2.92. The Morgan fingerprint density at radius 1 is 1.29 bits per heavy atom. The van der Waals surface area contributed by atoms with Gasteiger partial charge in [0.2, 0.25) is 0 Å². The summed E-state index contributed by atoms with van der Waals surface area (Å²) in [5.74, 6) is 0.723. The fourth-order valence-electron chi connectivity index (χ4n) is 1.68. The Hall–Kier alpha value is -1.72. The van der Waals surface area contributed by atoms with Gasteiger partial charge >= 0.3 is 5.69 Å². The Kier molecular flexibility index (Phi) is 1.67. The molecule has 6 heteroatoms. The zero-order valence-corrected chi connectivity index (χ0v) is 8.46. The molecular weight excluding hydrogens is 182 g/mol. The molecule has 0 saturated heterocycles. The molecule has 0 fully saturated rings. The van der Waals surface area contributed by atoms with E-state index in [1.54, 1.807) is 14.1 Å². The number of nitrogens with zero attached hydrogens (tertiary/aromatic N) is 3. The number of hydrogen-bond acceptors (Lipinski definition) is 4. The lowest BCUT2D eigenvalue weighted by Crippen LogP contribution is -2.38. The van der Waals surface area contributed by atoms with Crippen molar-refractivity contribution in [3.63, 3.8) is 0 Å². The number of anilines is 2. The SMILES string of the molecule is CN1CNc2c1c(=N)n(C)c(=O)n2C. The van der Waals surface area contributed by atoms with Crippen molar-refractivity contribution in [3.8, 4) is 0 Å². The van der Waals surface area contributed by atoms with Crippen molar-refractivity contribution in [2.24, 2.45) is 14.1 Å². The van der Waals surface area contributed by atoms with Gasteiger partial charge in [-0.05, 0) is 0 Å². The molecule has 0 radical (unpaired) electrons. The van der Waals surface area contributed by atoms with Crippen molar-refractivity contribution in [2.45, 2.75) is 0 Å². The Bertz CT molecular complexity index is 498. The minimum absolute atomic E-state index is 0.184. The number of nitrogens with one attached hydrogen (secondary N) is 2. The topological polar surface area (TPSA) is 66.1 Å². The van der Waals surface area contributed by atoms with Crippen LogP contribution in [-0.2, 0) is 14.1 Å². The Labute approximate surface area is 80.9 Å². The second-order valence-electron chi connectivity index (χ2n) is 3.48. The molecule has 1 aliphatic rings. The molecule has 1 aliphatic heterocycles. The van der Waals surface area contributed by atoms with Crippen LogP contribution in [0, 0.1) is 5.41 Å². The molecule has 14 heavy (non-hydrogen) atoms. The standard InChI is InChI=1S/C8H13N5O/c1-11-4-10-7-5(11)6(9)12(2)8(14)13(7)3/h9-10H,4H2,1-3H3. The number of hydrogen-bond donors (Lipinski definition) is 2. The summed E-state index contributed by atoms with van der Waals surface area (Å²) in [6, 6.07) is 0. The Morgan fingerprint density at radius 3 is 2.57 bits per heavy atom. The summed E-state index contributed by atoms with van der Waals surface area (Å²) in [6.45, 7) is 0.637. The normalized spacial score (nSPS) is 14.1. The van der Waals surface area contributed by atoms with Crippen LogP contribution in [0.3, 0.4) is 0 Å². The van der Waals surface area contributed by atoms with E-state index in [0.29, 0.717) is 6.67 Å². The molecule has 76 valence electrons. The predicted octanol–water partition coefficient (Wildman–Crippen LogP) is -0.978. The maximum atomic E-state index is 11.6. The molecule has 0 aromatic carbocycles. The maximum Gasteiger partial charge on any atom is 0.330 e. The van der Waals surface area contributed by atoms with Gasteiger partial charge in [0.15, 0.2) is 5.49 Å². The first-order chi connectivity index (χ1) is 6.54. The van der Waals surface area contributed by atoms with Gasteiger partial charge in [0.25, 0.3) is 0 Å². The quantitative estimate of drug-likeness (QED) is 0.559. The lowest BCUT2D eigenvalue weighted by Gasteiger charge is -2.12. The van der Waals surface area contributed by atoms with Crippen LogP contribution >= 0.6 is 0 Å². The van der Waals surface area contributed by atoms with Gasteiger partial charge < -0.3 is 10.2 Å². The lowest BCUT2D eigenvalue weighted by atomic mass is 10.4. The van der Waals surface area contributed by atoms with Crippen LogP contribution < -0.4 is 21.4 Å². The average Bonchev–Trinajstić information content (AvgIpc) is 2.54. The Morgan fingerprint density at radius 2 is 1.93 bits per heavy atom. The minimum Gasteiger partial charge on any atom is -0.352 e. The molecule has 0 spiro atoms. The number of fused-ring (bicyclic) bond motifs is 1. The van der Waals surface area contributed by atoms with Gasteiger partial charge in [-0.3, -0.25) is 14.5 Å². The minimum atomic E-state index is -0.184. The van der Waals surface area contributed by atoms with Gasteiger partial charge in [-0.1, -0.05) is 0 Å². The van der Waals surface area contributed by atoms with Gasteiger partial charge in [0.05, 0.1) is 6.67 Å². The van der Waals surface area contributed by atoms with Crippen molar-refractivity contribution < 1.29 is 0 Å². The van der Waals surface area contributed by atoms with Crippen LogP contribution in [0.2, 0.25) is 0 Å². The van der Waals surface area contributed by atoms with Crippen LogP contribution in [-0.4, -0.2) is 22.9 Å². The average molecular weight is 195 g/mol. The number of rotatable bonds is 0. The van der Waals surface area contributed by atoms with E-state index in [1.807, 2.05) is 11.9 Å². The van der Waals surface area contributed by atoms with Gasteiger partial charge in [-0.25, -0.2) is 4.79 Å². The van der Waals surface area contributed by atoms with Gasteiger partial charge in [0.1, 0.15) is 11.5 Å². The van der Waals surface area contributed by atoms with E-state index in [0.717, 1.165) is 11.5 Å². The molecule has 0 unspecified atom stereocenters. The highest BCUT2D eigenvalue weighted by atomic mass is 16.1. The third-order valence-corrected chi connectivity index (χ3v) is 2.56. The van der Waals surface area contributed by atoms with E-state index < -0.39 is 0 Å². The van der Waals surface area contributed by atoms with E-state index in [-0.39, 0.29) is 11.2 Å². The first kappa shape index (κ1) is 8.86. The second-order valence-corrected chi connectivity index (χ2v) is 3.48. The van der Waals surface area contributed by atoms with Crippen molar-refractivity contribution in [1.29, 1.82) is 5.41 Å². The molecule has 6 nitrogen and oxygen atoms in total. The molecule has 0 bridgehead atoms. The summed E-state index contributed by atoms with van der Waals surface area (Å²) in [5.41, 5.74) is 0.835. The van der Waals surface area contributed by atoms with Crippen LogP contribution in [0.1, 0.15) is 0 Å². The predicted molar refractivity (Wildman–Crippen MR) is 53.4 cm³/mol. The first-order valence-electron chi connectivity index (χ1n) is 4.33. The first-order valence-corrected chi connectivity index (χ1v) is 4.33. The van der Waals surface area contributed by atoms with E-state index in [2.05, 4.69) is 5.32 Å². The summed E-state index contributed by atoms with van der Waals surface area (Å²) in [7, 11) is 5.20. The summed E-state index contributed by atoms with van der Waals surface area (Å²) < 4.78 is 2.86. The largest absolute Gasteiger partial charge is 0.352 e. The van der Waals surface area contributed by atoms with Crippen molar-refractivity contribution in [1.82, 2.24) is 9.13 Å². The molecule has 0 saturated carbocycles. The highest BCUT2D eigenvalue weighted by molar-refractivity contribution is 5.69. The zero-order valence-electron chi connectivity index (χ0n) is 8.46. The van der Waals surface area contributed by atoms with Gasteiger partial charge in [-0.2, -0.15) is 0 Å². The van der Waals surface area contributed by atoms with E-state index >= 15 is 0 Å². The lowest BCUT2D eigenvalue weighted by molar-refractivity contribution is 0.678. The molecule has 2 N–H and O–H groups in total. The van der Waals surface area contributed by atoms with E-state index in [9.17, 15) is 4.79 Å². The molecule has 0 amide bonds. The van der Waals surface area contributed by atoms with Gasteiger partial charge in [-0.15, -0.1) is 0 Å². The fraction of sp³-hybridized carbons (Fsp3) is 0.500. The molecular formula is C8H13N5O. The number of aromatic nitrogens is 2. The fourth-order valence-corrected chi connectivity index (χ4v) is 1.68. The van der Waals surface area contributed by atoms with Crippen LogP contribution in [0.5, 0.6) is 0 Å². The van der Waals surface area contributed by atoms with Crippen LogP contribution in [0.15, 0.2) is 4.79 Å². The molecule has 0 aliphatic carbocycles. The third-order valence-electron chi connectivity index (χ3n) is 2.56. The monoisotopic (exact) mass is 195 g/mol.